The van der Waals surface area contributed by atoms with Crippen molar-refractivity contribution in [3.8, 4) is 5.75 Å². The molecule has 0 radical (unpaired) electrons. The number of aliphatic hydroxyl groups is 1. The van der Waals surface area contributed by atoms with Crippen LogP contribution in [0.15, 0.2) is 82.6 Å². The van der Waals surface area contributed by atoms with E-state index in [0.717, 1.165) is 24.3 Å². The molecule has 41 heavy (non-hydrogen) atoms. The molecule has 3 aromatic carbocycles. The number of carbonyl (C=O) groups is 1. The topological polar surface area (TPSA) is 133 Å². The Labute approximate surface area is 239 Å². The zero-order valence-electron chi connectivity index (χ0n) is 22.8. The first kappa shape index (κ1) is 30.4. The SMILES string of the molecule is C[C@@H]1CN([C@H](C)CO)C(=O)c2cc(NS(=O)(=O)c3ccc(F)cc3)ccc2O[C@@H]1CN(C)S(=O)(=O)c1ccccc1. The lowest BCUT2D eigenvalue weighted by atomic mass is 9.99. The lowest BCUT2D eigenvalue weighted by molar-refractivity contribution is 0.0387. The number of anilines is 1. The lowest BCUT2D eigenvalue weighted by Gasteiger charge is -2.38. The maximum absolute atomic E-state index is 13.6. The van der Waals surface area contributed by atoms with Gasteiger partial charge < -0.3 is 14.7 Å². The number of rotatable bonds is 9. The monoisotopic (exact) mass is 605 g/mol. The second-order valence-electron chi connectivity index (χ2n) is 9.99. The average molecular weight is 606 g/mol. The lowest BCUT2D eigenvalue weighted by Crippen LogP contribution is -2.50. The van der Waals surface area contributed by atoms with Gasteiger partial charge in [-0.1, -0.05) is 25.1 Å². The van der Waals surface area contributed by atoms with Crippen LogP contribution in [0.2, 0.25) is 0 Å². The minimum Gasteiger partial charge on any atom is -0.488 e. The number of nitrogens with zero attached hydrogens (tertiary/aromatic N) is 2. The third-order valence-electron chi connectivity index (χ3n) is 6.93. The number of hydrogen-bond donors (Lipinski definition) is 2. The molecule has 1 aliphatic heterocycles. The number of ether oxygens (including phenoxy) is 1. The average Bonchev–Trinajstić information content (AvgIpc) is 2.95. The standard InChI is InChI=1S/C28H32FN3O7S2/c1-19-16-32(20(2)18-33)28(34)25-15-22(30-40(35,36)23-12-9-21(29)10-13-23)11-14-26(25)39-27(19)17-31(3)41(37,38)24-7-5-4-6-8-24/h4-15,19-20,27,30,33H,16-18H2,1-3H3/t19-,20-,27-/m1/s1. The van der Waals surface area contributed by atoms with Crippen LogP contribution in [0, 0.1) is 11.7 Å². The van der Waals surface area contributed by atoms with Crippen molar-refractivity contribution in [2.75, 3.05) is 31.5 Å². The third-order valence-corrected chi connectivity index (χ3v) is 10.2. The highest BCUT2D eigenvalue weighted by molar-refractivity contribution is 7.92. The molecule has 13 heteroatoms. The first-order valence-electron chi connectivity index (χ1n) is 12.9. The molecule has 0 aliphatic carbocycles. The number of likely N-dealkylation sites (N-methyl/N-ethyl adjacent to an activating group) is 1. The van der Waals surface area contributed by atoms with E-state index >= 15 is 0 Å². The minimum absolute atomic E-state index is 0.0354. The maximum Gasteiger partial charge on any atom is 0.261 e. The van der Waals surface area contributed by atoms with Crippen molar-refractivity contribution in [2.45, 2.75) is 35.8 Å². The number of nitrogens with one attached hydrogen (secondary N) is 1. The van der Waals surface area contributed by atoms with Crippen molar-refractivity contribution in [3.05, 3.63) is 84.2 Å². The van der Waals surface area contributed by atoms with E-state index in [1.54, 1.807) is 25.1 Å². The summed E-state index contributed by atoms with van der Waals surface area (Å²) in [6, 6.07) is 15.9. The molecule has 0 saturated carbocycles. The number of halogens is 1. The Morgan fingerprint density at radius 3 is 2.34 bits per heavy atom. The van der Waals surface area contributed by atoms with Crippen LogP contribution >= 0.6 is 0 Å². The van der Waals surface area contributed by atoms with Crippen LogP contribution in [0.3, 0.4) is 0 Å². The van der Waals surface area contributed by atoms with Gasteiger partial charge in [0, 0.05) is 25.2 Å². The van der Waals surface area contributed by atoms with Crippen LogP contribution < -0.4 is 9.46 Å². The zero-order chi connectivity index (χ0) is 29.9. The number of amides is 1. The van der Waals surface area contributed by atoms with E-state index in [9.17, 15) is 31.1 Å². The predicted molar refractivity (Wildman–Crippen MR) is 151 cm³/mol. The van der Waals surface area contributed by atoms with Crippen molar-refractivity contribution < 1.29 is 35.9 Å². The molecule has 0 fully saturated rings. The smallest absolute Gasteiger partial charge is 0.261 e. The van der Waals surface area contributed by atoms with Gasteiger partial charge in [-0.3, -0.25) is 9.52 Å². The number of carbonyl (C=O) groups excluding carboxylic acids is 1. The fraction of sp³-hybridized carbons (Fsp3) is 0.321. The van der Waals surface area contributed by atoms with Gasteiger partial charge in [-0.05, 0) is 61.5 Å². The summed E-state index contributed by atoms with van der Waals surface area (Å²) in [6.07, 6.45) is -0.694. The molecule has 0 bridgehead atoms. The number of hydrogen-bond acceptors (Lipinski definition) is 7. The van der Waals surface area contributed by atoms with Gasteiger partial charge in [0.25, 0.3) is 15.9 Å². The highest BCUT2D eigenvalue weighted by atomic mass is 32.2. The van der Waals surface area contributed by atoms with Crippen LogP contribution in [-0.2, 0) is 20.0 Å². The molecule has 10 nitrogen and oxygen atoms in total. The van der Waals surface area contributed by atoms with Crippen molar-refractivity contribution in [1.29, 1.82) is 0 Å². The Kier molecular flexibility index (Phi) is 9.02. The fourth-order valence-corrected chi connectivity index (χ4v) is 6.71. The van der Waals surface area contributed by atoms with Crippen LogP contribution in [0.1, 0.15) is 24.2 Å². The molecule has 1 heterocycles. The molecule has 0 unspecified atom stereocenters. The van der Waals surface area contributed by atoms with Gasteiger partial charge in [-0.25, -0.2) is 21.2 Å². The molecule has 4 rings (SSSR count). The summed E-state index contributed by atoms with van der Waals surface area (Å²) in [5.74, 6) is -1.28. The van der Waals surface area contributed by atoms with Crippen molar-refractivity contribution >= 4 is 31.6 Å². The van der Waals surface area contributed by atoms with Gasteiger partial charge in [0.1, 0.15) is 17.7 Å². The van der Waals surface area contributed by atoms with E-state index in [1.807, 2.05) is 6.92 Å². The normalized spacial score (nSPS) is 18.7. The van der Waals surface area contributed by atoms with Crippen molar-refractivity contribution in [3.63, 3.8) is 0 Å². The third kappa shape index (κ3) is 6.70. The molecule has 3 aromatic rings. The summed E-state index contributed by atoms with van der Waals surface area (Å²) in [6.45, 7) is 3.29. The van der Waals surface area contributed by atoms with Gasteiger partial charge in [0.05, 0.1) is 34.5 Å². The van der Waals surface area contributed by atoms with E-state index in [1.165, 1.54) is 46.6 Å². The summed E-state index contributed by atoms with van der Waals surface area (Å²) >= 11 is 0. The Hall–Kier alpha value is -3.52. The van der Waals surface area contributed by atoms with Crippen LogP contribution in [0.4, 0.5) is 10.1 Å². The van der Waals surface area contributed by atoms with E-state index in [-0.39, 0.29) is 52.4 Å². The molecule has 1 amide bonds. The number of fused-ring (bicyclic) bond motifs is 1. The molecular weight excluding hydrogens is 573 g/mol. The van der Waals surface area contributed by atoms with E-state index < -0.39 is 43.9 Å². The number of aliphatic hydroxyl groups excluding tert-OH is 1. The molecule has 0 aromatic heterocycles. The van der Waals surface area contributed by atoms with Gasteiger partial charge >= 0.3 is 0 Å². The zero-order valence-corrected chi connectivity index (χ0v) is 24.4. The summed E-state index contributed by atoms with van der Waals surface area (Å²) in [5, 5.41) is 9.87. The molecule has 220 valence electrons. The Morgan fingerprint density at radius 1 is 1.05 bits per heavy atom. The van der Waals surface area contributed by atoms with E-state index in [4.69, 9.17) is 4.74 Å². The van der Waals surface area contributed by atoms with Crippen molar-refractivity contribution in [1.82, 2.24) is 9.21 Å². The molecule has 0 saturated heterocycles. The predicted octanol–water partition coefficient (Wildman–Crippen LogP) is 3.17. The van der Waals surface area contributed by atoms with Gasteiger partial charge in [0.15, 0.2) is 0 Å². The second kappa shape index (κ2) is 12.1. The van der Waals surface area contributed by atoms with Crippen molar-refractivity contribution in [2.24, 2.45) is 5.92 Å². The second-order valence-corrected chi connectivity index (χ2v) is 13.7. The maximum atomic E-state index is 13.6. The summed E-state index contributed by atoms with van der Waals surface area (Å²) in [5.41, 5.74) is 0.102. The Bertz CT molecular complexity index is 1600. The number of sulfonamides is 2. The summed E-state index contributed by atoms with van der Waals surface area (Å²) in [4.78, 5) is 15.1. The van der Waals surface area contributed by atoms with Crippen LogP contribution in [-0.4, -0.2) is 75.9 Å². The highest BCUT2D eigenvalue weighted by Gasteiger charge is 2.35. The van der Waals surface area contributed by atoms with Gasteiger partial charge in [-0.15, -0.1) is 0 Å². The fourth-order valence-electron chi connectivity index (χ4n) is 4.46. The van der Waals surface area contributed by atoms with Crippen LogP contribution in [0.5, 0.6) is 5.75 Å². The summed E-state index contributed by atoms with van der Waals surface area (Å²) < 4.78 is 75.2. The molecule has 2 N–H and O–H groups in total. The minimum atomic E-state index is -4.10. The molecule has 0 spiro atoms. The highest BCUT2D eigenvalue weighted by Crippen LogP contribution is 2.32. The number of benzene rings is 3. The van der Waals surface area contributed by atoms with E-state index in [0.29, 0.717) is 0 Å². The molecular formula is C28H32FN3O7S2. The Balaban J connectivity index is 1.68. The van der Waals surface area contributed by atoms with Gasteiger partial charge in [0.2, 0.25) is 10.0 Å². The molecule has 1 aliphatic rings. The van der Waals surface area contributed by atoms with Gasteiger partial charge in [-0.2, -0.15) is 4.31 Å². The quantitative estimate of drug-likeness (QED) is 0.383. The molecule has 3 atom stereocenters. The first-order valence-corrected chi connectivity index (χ1v) is 15.8. The van der Waals surface area contributed by atoms with Crippen LogP contribution in [0.25, 0.3) is 0 Å². The van der Waals surface area contributed by atoms with E-state index in [2.05, 4.69) is 4.72 Å². The Morgan fingerprint density at radius 2 is 1.71 bits per heavy atom. The first-order chi connectivity index (χ1) is 19.3. The summed E-state index contributed by atoms with van der Waals surface area (Å²) in [7, 11) is -6.48. The largest absolute Gasteiger partial charge is 0.488 e.